The maximum atomic E-state index is 12.2. The highest BCUT2D eigenvalue weighted by molar-refractivity contribution is 6.01. The van der Waals surface area contributed by atoms with Gasteiger partial charge in [0.15, 0.2) is 0 Å². The van der Waals surface area contributed by atoms with E-state index in [0.717, 1.165) is 5.56 Å². The predicted molar refractivity (Wildman–Crippen MR) is 108 cm³/mol. The molecule has 2 N–H and O–H groups in total. The highest BCUT2D eigenvalue weighted by Crippen LogP contribution is 2.17. The zero-order chi connectivity index (χ0) is 21.3. The first-order chi connectivity index (χ1) is 14.5. The summed E-state index contributed by atoms with van der Waals surface area (Å²) in [5, 5.41) is 20.8. The van der Waals surface area contributed by atoms with Gasteiger partial charge in [-0.05, 0) is 53.6 Å². The topological polar surface area (TPSA) is 113 Å². The molecule has 1 amide bonds. The number of carbonyl (C=O) groups is 2. The van der Waals surface area contributed by atoms with Gasteiger partial charge >= 0.3 is 5.97 Å². The number of ether oxygens (including phenoxy) is 1. The van der Waals surface area contributed by atoms with E-state index < -0.39 is 11.9 Å². The number of nitrogens with zero attached hydrogens (tertiary/aromatic N) is 1. The minimum Gasteiger partial charge on any atom is -0.489 e. The van der Waals surface area contributed by atoms with E-state index in [4.69, 9.17) is 14.3 Å². The molecule has 30 heavy (non-hydrogen) atoms. The number of furan rings is 1. The lowest BCUT2D eigenvalue weighted by molar-refractivity contribution is -0.117. The molecule has 0 aliphatic heterocycles. The Hall–Kier alpha value is -4.31. The van der Waals surface area contributed by atoms with E-state index in [1.54, 1.807) is 48.5 Å². The van der Waals surface area contributed by atoms with Crippen molar-refractivity contribution in [1.29, 1.82) is 5.26 Å². The summed E-state index contributed by atoms with van der Waals surface area (Å²) in [6, 6.07) is 18.7. The maximum absolute atomic E-state index is 12.2. The zero-order valence-corrected chi connectivity index (χ0v) is 15.9. The van der Waals surface area contributed by atoms with Crippen LogP contribution >= 0.6 is 0 Å². The van der Waals surface area contributed by atoms with Crippen molar-refractivity contribution in [3.8, 4) is 11.8 Å². The number of rotatable bonds is 8. The molecule has 0 spiro atoms. The largest absolute Gasteiger partial charge is 0.489 e. The molecule has 7 heteroatoms. The molecular formula is C23H18N2O5. The number of benzene rings is 2. The summed E-state index contributed by atoms with van der Waals surface area (Å²) in [6.07, 6.45) is 3.00. The Bertz CT molecular complexity index is 1080. The minimum absolute atomic E-state index is 0.0197. The number of nitrogens with one attached hydrogen (secondary N) is 1. The SMILES string of the molecule is N#C/C(=C/c1ccc(OCc2ccc(C(=O)O)cc2)cc1)C(=O)NCc1ccco1. The van der Waals surface area contributed by atoms with Crippen LogP contribution in [0, 0.1) is 11.3 Å². The summed E-state index contributed by atoms with van der Waals surface area (Å²) >= 11 is 0. The highest BCUT2D eigenvalue weighted by Gasteiger charge is 2.09. The van der Waals surface area contributed by atoms with Crippen molar-refractivity contribution in [2.24, 2.45) is 0 Å². The van der Waals surface area contributed by atoms with Gasteiger partial charge in [0.1, 0.15) is 29.8 Å². The molecule has 150 valence electrons. The Morgan fingerprint density at radius 3 is 2.43 bits per heavy atom. The average Bonchev–Trinajstić information content (AvgIpc) is 3.29. The smallest absolute Gasteiger partial charge is 0.335 e. The van der Waals surface area contributed by atoms with E-state index in [0.29, 0.717) is 17.1 Å². The first-order valence-corrected chi connectivity index (χ1v) is 9.02. The molecule has 1 heterocycles. The van der Waals surface area contributed by atoms with E-state index in [9.17, 15) is 14.9 Å². The van der Waals surface area contributed by atoms with Gasteiger partial charge in [-0.1, -0.05) is 24.3 Å². The lowest BCUT2D eigenvalue weighted by Crippen LogP contribution is -2.23. The third-order valence-electron chi connectivity index (χ3n) is 4.17. The van der Waals surface area contributed by atoms with E-state index in [-0.39, 0.29) is 24.3 Å². The van der Waals surface area contributed by atoms with Crippen molar-refractivity contribution in [3.05, 3.63) is 95.0 Å². The van der Waals surface area contributed by atoms with Crippen molar-refractivity contribution in [2.75, 3.05) is 0 Å². The fourth-order valence-electron chi connectivity index (χ4n) is 2.56. The third-order valence-corrected chi connectivity index (χ3v) is 4.17. The molecule has 1 aromatic heterocycles. The molecule has 0 saturated heterocycles. The van der Waals surface area contributed by atoms with Gasteiger partial charge in [0.25, 0.3) is 5.91 Å². The minimum atomic E-state index is -0.975. The molecule has 7 nitrogen and oxygen atoms in total. The van der Waals surface area contributed by atoms with E-state index in [2.05, 4.69) is 5.32 Å². The monoisotopic (exact) mass is 402 g/mol. The maximum Gasteiger partial charge on any atom is 0.335 e. The van der Waals surface area contributed by atoms with Crippen LogP contribution in [0.15, 0.2) is 76.9 Å². The molecule has 0 aliphatic carbocycles. The summed E-state index contributed by atoms with van der Waals surface area (Å²) in [6.45, 7) is 0.485. The second-order valence-electron chi connectivity index (χ2n) is 6.29. The summed E-state index contributed by atoms with van der Waals surface area (Å²) in [5.41, 5.74) is 1.71. The van der Waals surface area contributed by atoms with Gasteiger partial charge < -0.3 is 19.6 Å². The molecule has 2 aromatic carbocycles. The Kier molecular flexibility index (Phi) is 6.64. The van der Waals surface area contributed by atoms with Crippen LogP contribution in [-0.4, -0.2) is 17.0 Å². The van der Waals surface area contributed by atoms with Gasteiger partial charge in [-0.15, -0.1) is 0 Å². The Morgan fingerprint density at radius 1 is 1.10 bits per heavy atom. The van der Waals surface area contributed by atoms with Gasteiger partial charge in [-0.3, -0.25) is 4.79 Å². The molecule has 0 saturated carbocycles. The van der Waals surface area contributed by atoms with Crippen LogP contribution in [0.1, 0.15) is 27.2 Å². The quantitative estimate of drug-likeness (QED) is 0.438. The van der Waals surface area contributed by atoms with Gasteiger partial charge in [0.2, 0.25) is 0 Å². The molecule has 3 rings (SSSR count). The summed E-state index contributed by atoms with van der Waals surface area (Å²) in [4.78, 5) is 23.0. The van der Waals surface area contributed by atoms with E-state index in [1.807, 2.05) is 6.07 Å². The second kappa shape index (κ2) is 9.75. The van der Waals surface area contributed by atoms with Crippen molar-refractivity contribution < 1.29 is 23.8 Å². The third kappa shape index (κ3) is 5.59. The number of carboxylic acids is 1. The van der Waals surface area contributed by atoms with Gasteiger partial charge in [0.05, 0.1) is 18.4 Å². The van der Waals surface area contributed by atoms with Crippen LogP contribution in [-0.2, 0) is 17.9 Å². The second-order valence-corrected chi connectivity index (χ2v) is 6.29. The first kappa shape index (κ1) is 20.4. The van der Waals surface area contributed by atoms with Crippen LogP contribution in [0.3, 0.4) is 0 Å². The van der Waals surface area contributed by atoms with Crippen molar-refractivity contribution in [2.45, 2.75) is 13.2 Å². The van der Waals surface area contributed by atoms with E-state index in [1.165, 1.54) is 24.5 Å². The van der Waals surface area contributed by atoms with Crippen molar-refractivity contribution in [1.82, 2.24) is 5.32 Å². The first-order valence-electron chi connectivity index (χ1n) is 9.02. The average molecular weight is 402 g/mol. The standard InChI is InChI=1S/C23H18N2O5/c24-13-19(22(26)25-14-21-2-1-11-29-21)12-16-5-9-20(10-6-16)30-15-17-3-7-18(8-4-17)23(27)28/h1-12H,14-15H2,(H,25,26)(H,27,28)/b19-12-. The molecule has 0 atom stereocenters. The van der Waals surface area contributed by atoms with Crippen LogP contribution in [0.5, 0.6) is 5.75 Å². The summed E-state index contributed by atoms with van der Waals surface area (Å²) in [5.74, 6) is -0.258. The molecule has 0 unspecified atom stereocenters. The molecule has 0 bridgehead atoms. The Labute approximate surface area is 172 Å². The molecule has 3 aromatic rings. The fourth-order valence-corrected chi connectivity index (χ4v) is 2.56. The van der Waals surface area contributed by atoms with Gasteiger partial charge in [-0.2, -0.15) is 5.26 Å². The zero-order valence-electron chi connectivity index (χ0n) is 15.9. The lowest BCUT2D eigenvalue weighted by atomic mass is 10.1. The van der Waals surface area contributed by atoms with E-state index >= 15 is 0 Å². The number of aromatic carboxylic acids is 1. The normalized spacial score (nSPS) is 10.8. The number of hydrogen-bond donors (Lipinski definition) is 2. The van der Waals surface area contributed by atoms with Crippen molar-refractivity contribution in [3.63, 3.8) is 0 Å². The van der Waals surface area contributed by atoms with Crippen LogP contribution in [0.25, 0.3) is 6.08 Å². The number of carboxylic acid groups (broad SMARTS) is 1. The molecular weight excluding hydrogens is 384 g/mol. The predicted octanol–water partition coefficient (Wildman–Crippen LogP) is 3.78. The summed E-state index contributed by atoms with van der Waals surface area (Å²) in [7, 11) is 0. The van der Waals surface area contributed by atoms with Crippen LogP contribution in [0.2, 0.25) is 0 Å². The number of amides is 1. The Balaban J connectivity index is 1.57. The van der Waals surface area contributed by atoms with Crippen LogP contribution in [0.4, 0.5) is 0 Å². The van der Waals surface area contributed by atoms with Crippen LogP contribution < -0.4 is 10.1 Å². The van der Waals surface area contributed by atoms with Gasteiger partial charge in [0, 0.05) is 0 Å². The molecule has 0 radical (unpaired) electrons. The molecule has 0 aliphatic rings. The molecule has 0 fully saturated rings. The number of carbonyl (C=O) groups excluding carboxylic acids is 1. The highest BCUT2D eigenvalue weighted by atomic mass is 16.5. The Morgan fingerprint density at radius 2 is 1.83 bits per heavy atom. The lowest BCUT2D eigenvalue weighted by Gasteiger charge is -2.07. The summed E-state index contributed by atoms with van der Waals surface area (Å²) < 4.78 is 10.8. The number of nitriles is 1. The van der Waals surface area contributed by atoms with Crippen molar-refractivity contribution >= 4 is 18.0 Å². The number of hydrogen-bond acceptors (Lipinski definition) is 5. The fraction of sp³-hybridized carbons (Fsp3) is 0.0870. The van der Waals surface area contributed by atoms with Gasteiger partial charge in [-0.25, -0.2) is 4.79 Å².